The molecule has 6 nitrogen and oxygen atoms in total. The first-order valence-electron chi connectivity index (χ1n) is 14.5. The number of ether oxygens (including phenoxy) is 3. The smallest absolute Gasteiger partial charge is 0.119 e. The number of morpholine rings is 2. The Kier molecular flexibility index (Phi) is 10.5. The monoisotopic (exact) mass is 497 g/mol. The van der Waals surface area contributed by atoms with Gasteiger partial charge in [-0.2, -0.15) is 5.26 Å². The molecule has 3 heterocycles. The van der Waals surface area contributed by atoms with Gasteiger partial charge in [0, 0.05) is 39.3 Å². The minimum Gasteiger partial charge on any atom is -0.494 e. The molecule has 0 spiro atoms. The molecule has 3 aliphatic rings. The van der Waals surface area contributed by atoms with Gasteiger partial charge in [-0.25, -0.2) is 0 Å². The lowest BCUT2D eigenvalue weighted by molar-refractivity contribution is -0.207. The van der Waals surface area contributed by atoms with Gasteiger partial charge in [-0.15, -0.1) is 0 Å². The Labute approximate surface area is 218 Å². The molecule has 0 radical (unpaired) electrons. The van der Waals surface area contributed by atoms with E-state index in [1.807, 2.05) is 24.3 Å². The van der Waals surface area contributed by atoms with Crippen LogP contribution in [0.2, 0.25) is 0 Å². The number of nitriles is 1. The van der Waals surface area contributed by atoms with Crippen LogP contribution in [0.4, 0.5) is 0 Å². The van der Waals surface area contributed by atoms with Gasteiger partial charge in [-0.3, -0.25) is 4.90 Å². The van der Waals surface area contributed by atoms with Crippen LogP contribution in [0.3, 0.4) is 0 Å². The second-order valence-electron chi connectivity index (χ2n) is 11.3. The van der Waals surface area contributed by atoms with E-state index in [1.165, 1.54) is 51.4 Å². The van der Waals surface area contributed by atoms with E-state index in [0.717, 1.165) is 51.5 Å². The van der Waals surface area contributed by atoms with Gasteiger partial charge in [0.1, 0.15) is 5.75 Å². The minimum atomic E-state index is -0.153. The largest absolute Gasteiger partial charge is 0.494 e. The van der Waals surface area contributed by atoms with Gasteiger partial charge in [0.05, 0.1) is 36.0 Å². The number of hydrogen-bond donors (Lipinski definition) is 1. The number of unbranched alkanes of at least 4 members (excludes halogenated alkanes) is 3. The van der Waals surface area contributed by atoms with Crippen molar-refractivity contribution in [1.82, 2.24) is 10.2 Å². The van der Waals surface area contributed by atoms with Crippen molar-refractivity contribution in [1.29, 1.82) is 5.26 Å². The number of nitrogens with zero attached hydrogens (tertiary/aromatic N) is 2. The van der Waals surface area contributed by atoms with Crippen LogP contribution in [0.15, 0.2) is 24.3 Å². The van der Waals surface area contributed by atoms with Crippen molar-refractivity contribution in [2.24, 2.45) is 11.8 Å². The molecule has 36 heavy (non-hydrogen) atoms. The maximum absolute atomic E-state index is 9.05. The number of nitrogens with one attached hydrogen (secondary N) is 1. The first-order valence-corrected chi connectivity index (χ1v) is 14.5. The molecule has 0 amide bonds. The molecular weight excluding hydrogens is 450 g/mol. The molecule has 6 heteroatoms. The molecule has 0 aliphatic carbocycles. The maximum Gasteiger partial charge on any atom is 0.119 e. The van der Waals surface area contributed by atoms with Crippen molar-refractivity contribution in [2.45, 2.75) is 89.4 Å². The molecule has 3 aliphatic heterocycles. The Hall–Kier alpha value is -1.65. The summed E-state index contributed by atoms with van der Waals surface area (Å²) in [5.41, 5.74) is 0.514. The van der Waals surface area contributed by atoms with Crippen LogP contribution in [0, 0.1) is 23.2 Å². The third kappa shape index (κ3) is 7.44. The molecule has 2 bridgehead atoms. The van der Waals surface area contributed by atoms with E-state index in [2.05, 4.69) is 30.1 Å². The van der Waals surface area contributed by atoms with Gasteiger partial charge in [0.25, 0.3) is 0 Å². The standard InChI is InChI=1S/C30H47N3O3/c1-3-4-5-6-9-26(15-17-35-27-13-11-25(18-31)12-14-27)24(2)30-22-32-19-29(36-30)21-33(23-30)20-28-10-7-8-16-34-28/h11-14,24,26,28-29,32H,3-10,15-17,19-23H2,1-2H3. The van der Waals surface area contributed by atoms with E-state index in [9.17, 15) is 0 Å². The van der Waals surface area contributed by atoms with E-state index < -0.39 is 0 Å². The van der Waals surface area contributed by atoms with Crippen LogP contribution in [-0.2, 0) is 9.47 Å². The zero-order chi connectivity index (χ0) is 25.2. The second kappa shape index (κ2) is 13.8. The number of fused-ring (bicyclic) bond motifs is 2. The first-order chi connectivity index (χ1) is 17.6. The van der Waals surface area contributed by atoms with Crippen molar-refractivity contribution in [2.75, 3.05) is 45.9 Å². The lowest BCUT2D eigenvalue weighted by Crippen LogP contribution is -2.69. The van der Waals surface area contributed by atoms with Gasteiger partial charge in [0.15, 0.2) is 0 Å². The lowest BCUT2D eigenvalue weighted by atomic mass is 9.73. The number of benzene rings is 1. The van der Waals surface area contributed by atoms with E-state index in [4.69, 9.17) is 19.5 Å². The molecule has 3 fully saturated rings. The third-order valence-electron chi connectivity index (χ3n) is 8.59. The summed E-state index contributed by atoms with van der Waals surface area (Å²) in [5.74, 6) is 1.83. The summed E-state index contributed by atoms with van der Waals surface area (Å²) < 4.78 is 19.1. The molecule has 0 aromatic heterocycles. The topological polar surface area (TPSA) is 66.8 Å². The van der Waals surface area contributed by atoms with Gasteiger partial charge >= 0.3 is 0 Å². The van der Waals surface area contributed by atoms with Gasteiger partial charge < -0.3 is 19.5 Å². The van der Waals surface area contributed by atoms with Crippen molar-refractivity contribution in [3.8, 4) is 11.8 Å². The fourth-order valence-corrected chi connectivity index (χ4v) is 6.44. The van der Waals surface area contributed by atoms with Crippen molar-refractivity contribution < 1.29 is 14.2 Å². The summed E-state index contributed by atoms with van der Waals surface area (Å²) in [4.78, 5) is 2.64. The molecule has 5 atom stereocenters. The summed E-state index contributed by atoms with van der Waals surface area (Å²) >= 11 is 0. The summed E-state index contributed by atoms with van der Waals surface area (Å²) in [5, 5.41) is 12.8. The Morgan fingerprint density at radius 1 is 1.19 bits per heavy atom. The quantitative estimate of drug-likeness (QED) is 0.380. The van der Waals surface area contributed by atoms with Crippen molar-refractivity contribution in [3.63, 3.8) is 0 Å². The molecule has 1 N–H and O–H groups in total. The molecule has 200 valence electrons. The zero-order valence-electron chi connectivity index (χ0n) is 22.6. The number of hydrogen-bond acceptors (Lipinski definition) is 6. The van der Waals surface area contributed by atoms with Crippen molar-refractivity contribution in [3.05, 3.63) is 29.8 Å². The highest BCUT2D eigenvalue weighted by Crippen LogP contribution is 2.39. The van der Waals surface area contributed by atoms with E-state index in [-0.39, 0.29) is 11.7 Å². The normalized spacial score (nSPS) is 28.2. The molecule has 0 saturated carbocycles. The van der Waals surface area contributed by atoms with E-state index in [1.54, 1.807) is 0 Å². The average Bonchev–Trinajstić information content (AvgIpc) is 2.90. The fourth-order valence-electron chi connectivity index (χ4n) is 6.44. The first kappa shape index (κ1) is 27.4. The van der Waals surface area contributed by atoms with Gasteiger partial charge in [-0.1, -0.05) is 39.5 Å². The van der Waals surface area contributed by atoms with Crippen LogP contribution in [0.1, 0.15) is 77.2 Å². The summed E-state index contributed by atoms with van der Waals surface area (Å²) in [6.45, 7) is 11.2. The summed E-state index contributed by atoms with van der Waals surface area (Å²) in [6.07, 6.45) is 11.7. The molecular formula is C30H47N3O3. The van der Waals surface area contributed by atoms with Gasteiger partial charge in [0.2, 0.25) is 0 Å². The van der Waals surface area contributed by atoms with Crippen LogP contribution in [-0.4, -0.2) is 68.6 Å². The third-order valence-corrected chi connectivity index (χ3v) is 8.59. The minimum absolute atomic E-state index is 0.153. The SMILES string of the molecule is CCCCCCC(CCOc1ccc(C#N)cc1)C(C)C12CNCC(CN(CC3CCCCO3)C1)O2. The molecule has 1 aromatic rings. The van der Waals surface area contributed by atoms with E-state index in [0.29, 0.717) is 30.1 Å². The Balaban J connectivity index is 1.40. The highest BCUT2D eigenvalue weighted by molar-refractivity contribution is 5.34. The molecule has 1 aromatic carbocycles. The zero-order valence-corrected chi connectivity index (χ0v) is 22.6. The second-order valence-corrected chi connectivity index (χ2v) is 11.3. The summed E-state index contributed by atoms with van der Waals surface area (Å²) in [7, 11) is 0. The Morgan fingerprint density at radius 3 is 2.81 bits per heavy atom. The van der Waals surface area contributed by atoms with Crippen LogP contribution < -0.4 is 10.1 Å². The maximum atomic E-state index is 9.05. The van der Waals surface area contributed by atoms with Crippen LogP contribution >= 0.6 is 0 Å². The Bertz CT molecular complexity index is 820. The predicted molar refractivity (Wildman–Crippen MR) is 143 cm³/mol. The molecule has 4 rings (SSSR count). The number of rotatable bonds is 13. The highest BCUT2D eigenvalue weighted by atomic mass is 16.5. The summed E-state index contributed by atoms with van der Waals surface area (Å²) in [6, 6.07) is 9.64. The molecule has 5 unspecified atom stereocenters. The van der Waals surface area contributed by atoms with Crippen LogP contribution in [0.25, 0.3) is 0 Å². The lowest BCUT2D eigenvalue weighted by Gasteiger charge is -2.54. The predicted octanol–water partition coefficient (Wildman–Crippen LogP) is 5.16. The van der Waals surface area contributed by atoms with Crippen molar-refractivity contribution >= 4 is 0 Å². The average molecular weight is 498 g/mol. The molecule has 3 saturated heterocycles. The van der Waals surface area contributed by atoms with E-state index >= 15 is 0 Å². The fraction of sp³-hybridized carbons (Fsp3) is 0.767. The Morgan fingerprint density at radius 2 is 2.06 bits per heavy atom. The van der Waals surface area contributed by atoms with Crippen LogP contribution in [0.5, 0.6) is 5.75 Å². The van der Waals surface area contributed by atoms with Gasteiger partial charge in [-0.05, 0) is 68.2 Å². The highest BCUT2D eigenvalue weighted by Gasteiger charge is 2.49.